The van der Waals surface area contributed by atoms with Crippen LogP contribution in [-0.4, -0.2) is 36.5 Å². The van der Waals surface area contributed by atoms with Crippen molar-refractivity contribution in [3.63, 3.8) is 0 Å². The lowest BCUT2D eigenvalue weighted by molar-refractivity contribution is -0.150. The van der Waals surface area contributed by atoms with Crippen LogP contribution in [0.4, 0.5) is 0 Å². The molecule has 0 atom stereocenters. The quantitative estimate of drug-likeness (QED) is 0.377. The van der Waals surface area contributed by atoms with Crippen LogP contribution in [0.2, 0.25) is 0 Å². The average Bonchev–Trinajstić information content (AvgIpc) is 2.75. The molecule has 0 saturated carbocycles. The molecule has 1 aliphatic rings. The van der Waals surface area contributed by atoms with Crippen LogP contribution < -0.4 is 0 Å². The number of carbonyl (C=O) groups is 2. The second-order valence-electron chi connectivity index (χ2n) is 7.91. The van der Waals surface area contributed by atoms with Crippen LogP contribution in [0.3, 0.4) is 0 Å². The third-order valence-corrected chi connectivity index (χ3v) is 5.72. The highest BCUT2D eigenvalue weighted by molar-refractivity contribution is 5.94. The second-order valence-corrected chi connectivity index (χ2v) is 7.91. The maximum Gasteiger partial charge on any atom is 0.309 e. The van der Waals surface area contributed by atoms with Gasteiger partial charge in [-0.1, -0.05) is 64.5 Å². The third kappa shape index (κ3) is 7.29. The summed E-state index contributed by atoms with van der Waals surface area (Å²) in [6.07, 6.45) is 10.9. The molecule has 0 N–H and O–H groups in total. The Hall–Kier alpha value is -1.84. The van der Waals surface area contributed by atoms with Gasteiger partial charge in [0.1, 0.15) is 0 Å². The van der Waals surface area contributed by atoms with Crippen molar-refractivity contribution in [1.82, 2.24) is 4.90 Å². The van der Waals surface area contributed by atoms with E-state index in [1.165, 1.54) is 37.7 Å². The maximum absolute atomic E-state index is 12.6. The molecule has 1 heterocycles. The Balaban J connectivity index is 1.62. The molecule has 156 valence electrons. The summed E-state index contributed by atoms with van der Waals surface area (Å²) in [7, 11) is 0. The zero-order chi connectivity index (χ0) is 20.2. The minimum absolute atomic E-state index is 0.0592. The van der Waals surface area contributed by atoms with Gasteiger partial charge in [-0.05, 0) is 43.4 Å². The summed E-state index contributed by atoms with van der Waals surface area (Å²) in [4.78, 5) is 26.7. The van der Waals surface area contributed by atoms with Crippen molar-refractivity contribution in [3.05, 3.63) is 35.4 Å². The number of rotatable bonds is 11. The number of piperidine rings is 1. The number of hydrogen-bond donors (Lipinski definition) is 0. The van der Waals surface area contributed by atoms with Gasteiger partial charge < -0.3 is 9.64 Å². The Morgan fingerprint density at radius 1 is 0.929 bits per heavy atom. The molecule has 0 aliphatic carbocycles. The van der Waals surface area contributed by atoms with Crippen LogP contribution in [0, 0.1) is 5.92 Å². The molecule has 1 aliphatic heterocycles. The summed E-state index contributed by atoms with van der Waals surface area (Å²) in [5, 5.41) is 0. The minimum atomic E-state index is -0.0784. The van der Waals surface area contributed by atoms with E-state index in [4.69, 9.17) is 4.74 Å². The lowest BCUT2D eigenvalue weighted by Gasteiger charge is -2.31. The fraction of sp³-hybridized carbons (Fsp3) is 0.667. The molecule has 0 bridgehead atoms. The lowest BCUT2D eigenvalue weighted by atomic mass is 9.96. The molecule has 2 rings (SSSR count). The van der Waals surface area contributed by atoms with E-state index in [9.17, 15) is 9.59 Å². The van der Waals surface area contributed by atoms with Gasteiger partial charge in [-0.2, -0.15) is 0 Å². The number of nitrogens with zero attached hydrogens (tertiary/aromatic N) is 1. The van der Waals surface area contributed by atoms with Gasteiger partial charge in [0, 0.05) is 18.7 Å². The molecule has 1 amide bonds. The SMILES string of the molecule is CCCCCCCCCOC(=O)C1CCN(C(=O)c2ccc(CC)cc2)CC1. The van der Waals surface area contributed by atoms with E-state index in [0.29, 0.717) is 32.5 Å². The molecular weight excluding hydrogens is 350 g/mol. The molecule has 1 aromatic rings. The van der Waals surface area contributed by atoms with Crippen molar-refractivity contribution in [2.45, 2.75) is 78.1 Å². The first-order valence-corrected chi connectivity index (χ1v) is 11.2. The molecule has 1 fully saturated rings. The summed E-state index contributed by atoms with van der Waals surface area (Å²) in [6.45, 7) is 6.13. The van der Waals surface area contributed by atoms with Gasteiger partial charge in [0.15, 0.2) is 0 Å². The van der Waals surface area contributed by atoms with Crippen molar-refractivity contribution in [2.24, 2.45) is 5.92 Å². The van der Waals surface area contributed by atoms with Gasteiger partial charge in [0.05, 0.1) is 12.5 Å². The van der Waals surface area contributed by atoms with Crippen LogP contribution in [0.15, 0.2) is 24.3 Å². The van der Waals surface area contributed by atoms with E-state index < -0.39 is 0 Å². The predicted octanol–water partition coefficient (Wildman–Crippen LogP) is 5.40. The first kappa shape index (κ1) is 22.4. The van der Waals surface area contributed by atoms with Gasteiger partial charge >= 0.3 is 5.97 Å². The minimum Gasteiger partial charge on any atom is -0.465 e. The molecular formula is C24H37NO3. The number of carbonyl (C=O) groups excluding carboxylic acids is 2. The van der Waals surface area contributed by atoms with Crippen molar-refractivity contribution in [2.75, 3.05) is 19.7 Å². The molecule has 28 heavy (non-hydrogen) atoms. The van der Waals surface area contributed by atoms with Crippen molar-refractivity contribution in [3.8, 4) is 0 Å². The number of likely N-dealkylation sites (tertiary alicyclic amines) is 1. The summed E-state index contributed by atoms with van der Waals surface area (Å²) in [6, 6.07) is 7.84. The van der Waals surface area contributed by atoms with Crippen molar-refractivity contribution in [1.29, 1.82) is 0 Å². The number of benzene rings is 1. The average molecular weight is 388 g/mol. The van der Waals surface area contributed by atoms with Crippen molar-refractivity contribution < 1.29 is 14.3 Å². The first-order chi connectivity index (χ1) is 13.7. The van der Waals surface area contributed by atoms with Crippen LogP contribution in [-0.2, 0) is 16.0 Å². The zero-order valence-corrected chi connectivity index (χ0v) is 17.8. The smallest absolute Gasteiger partial charge is 0.309 e. The van der Waals surface area contributed by atoms with Gasteiger partial charge in [-0.3, -0.25) is 9.59 Å². The largest absolute Gasteiger partial charge is 0.465 e. The van der Waals surface area contributed by atoms with Crippen LogP contribution in [0.1, 0.15) is 87.6 Å². The monoisotopic (exact) mass is 387 g/mol. The number of amides is 1. The maximum atomic E-state index is 12.6. The van der Waals surface area contributed by atoms with E-state index in [1.807, 2.05) is 29.2 Å². The normalized spacial score (nSPS) is 14.9. The molecule has 4 heteroatoms. The number of esters is 1. The number of ether oxygens (including phenoxy) is 1. The fourth-order valence-electron chi connectivity index (χ4n) is 3.73. The van der Waals surface area contributed by atoms with E-state index in [0.717, 1.165) is 24.8 Å². The Morgan fingerprint density at radius 3 is 2.14 bits per heavy atom. The summed E-state index contributed by atoms with van der Waals surface area (Å²) in [5.41, 5.74) is 1.97. The molecule has 0 aromatic heterocycles. The zero-order valence-electron chi connectivity index (χ0n) is 17.8. The Labute approximate surface area is 170 Å². The van der Waals surface area contributed by atoms with E-state index in [-0.39, 0.29) is 17.8 Å². The lowest BCUT2D eigenvalue weighted by Crippen LogP contribution is -2.40. The Bertz CT molecular complexity index is 588. The van der Waals surface area contributed by atoms with Gasteiger partial charge in [-0.15, -0.1) is 0 Å². The predicted molar refractivity (Wildman–Crippen MR) is 113 cm³/mol. The third-order valence-electron chi connectivity index (χ3n) is 5.72. The highest BCUT2D eigenvalue weighted by Gasteiger charge is 2.28. The van der Waals surface area contributed by atoms with Crippen LogP contribution in [0.5, 0.6) is 0 Å². The van der Waals surface area contributed by atoms with E-state index >= 15 is 0 Å². The Morgan fingerprint density at radius 2 is 1.54 bits per heavy atom. The van der Waals surface area contributed by atoms with E-state index in [1.54, 1.807) is 0 Å². The summed E-state index contributed by atoms with van der Waals surface area (Å²) < 4.78 is 5.47. The second kappa shape index (κ2) is 12.6. The van der Waals surface area contributed by atoms with E-state index in [2.05, 4.69) is 13.8 Å². The topological polar surface area (TPSA) is 46.6 Å². The molecule has 4 nitrogen and oxygen atoms in total. The van der Waals surface area contributed by atoms with Gasteiger partial charge in [0.2, 0.25) is 0 Å². The Kier molecular flexibility index (Phi) is 10.1. The highest BCUT2D eigenvalue weighted by Crippen LogP contribution is 2.21. The standard InChI is InChI=1S/C24H37NO3/c1-3-5-6-7-8-9-10-19-28-24(27)22-15-17-25(18-16-22)23(26)21-13-11-20(4-2)12-14-21/h11-14,22H,3-10,15-19H2,1-2H3. The molecule has 1 saturated heterocycles. The number of hydrogen-bond acceptors (Lipinski definition) is 3. The highest BCUT2D eigenvalue weighted by atomic mass is 16.5. The van der Waals surface area contributed by atoms with Gasteiger partial charge in [-0.25, -0.2) is 0 Å². The number of aryl methyl sites for hydroxylation is 1. The summed E-state index contributed by atoms with van der Waals surface area (Å²) in [5.74, 6) is -0.0704. The fourth-order valence-corrected chi connectivity index (χ4v) is 3.73. The number of unbranched alkanes of at least 4 members (excludes halogenated alkanes) is 6. The molecule has 0 unspecified atom stereocenters. The summed E-state index contributed by atoms with van der Waals surface area (Å²) >= 11 is 0. The van der Waals surface area contributed by atoms with Crippen LogP contribution in [0.25, 0.3) is 0 Å². The molecule has 0 radical (unpaired) electrons. The molecule has 1 aromatic carbocycles. The van der Waals surface area contributed by atoms with Gasteiger partial charge in [0.25, 0.3) is 5.91 Å². The molecule has 0 spiro atoms. The van der Waals surface area contributed by atoms with Crippen LogP contribution >= 0.6 is 0 Å². The first-order valence-electron chi connectivity index (χ1n) is 11.2. The van der Waals surface area contributed by atoms with Crippen molar-refractivity contribution >= 4 is 11.9 Å².